The molecule has 158 valence electrons. The van der Waals surface area contributed by atoms with Gasteiger partial charge < -0.3 is 10.0 Å². The molecule has 3 aromatic rings. The number of amides is 1. The Morgan fingerprint density at radius 1 is 1.00 bits per heavy atom. The number of Topliss-reactive ketones (excluding diaryl/α,β-unsaturated/α-hetero) is 1. The number of nitrogens with zero attached hydrogens (tertiary/aromatic N) is 1. The van der Waals surface area contributed by atoms with Crippen LogP contribution in [0.15, 0.2) is 77.3 Å². The number of carbonyl (C=O) groups excluding carboxylic acids is 2. The van der Waals surface area contributed by atoms with Gasteiger partial charge in [0.05, 0.1) is 18.7 Å². The second-order valence-corrected chi connectivity index (χ2v) is 9.19. The summed E-state index contributed by atoms with van der Waals surface area (Å²) in [5.74, 6) is -0.362. The first-order valence-corrected chi connectivity index (χ1v) is 11.1. The minimum Gasteiger partial charge on any atom is -0.375 e. The van der Waals surface area contributed by atoms with Gasteiger partial charge in [-0.15, -0.1) is 0 Å². The highest BCUT2D eigenvalue weighted by Gasteiger charge is 2.50. The van der Waals surface area contributed by atoms with Gasteiger partial charge in [0, 0.05) is 15.6 Å². The average Bonchev–Trinajstić information content (AvgIpc) is 2.97. The van der Waals surface area contributed by atoms with Crippen molar-refractivity contribution in [3.63, 3.8) is 0 Å². The van der Waals surface area contributed by atoms with Gasteiger partial charge in [-0.3, -0.25) is 9.59 Å². The van der Waals surface area contributed by atoms with Crippen molar-refractivity contribution in [1.29, 1.82) is 0 Å². The highest BCUT2D eigenvalue weighted by Crippen LogP contribution is 2.43. The molecule has 0 aromatic heterocycles. The second kappa shape index (κ2) is 8.40. The maximum absolute atomic E-state index is 13.4. The molecule has 0 saturated heterocycles. The van der Waals surface area contributed by atoms with Crippen molar-refractivity contribution in [1.82, 2.24) is 0 Å². The number of fused-ring (bicyclic) bond motifs is 1. The molecular weight excluding hydrogens is 454 g/mol. The van der Waals surface area contributed by atoms with Crippen LogP contribution < -0.4 is 4.90 Å². The normalized spacial score (nSPS) is 17.8. The lowest BCUT2D eigenvalue weighted by molar-refractivity contribution is -0.136. The molecule has 5 heteroatoms. The fourth-order valence-electron chi connectivity index (χ4n) is 4.00. The summed E-state index contributed by atoms with van der Waals surface area (Å²) in [6, 6.07) is 22.2. The first-order chi connectivity index (χ1) is 14.8. The fraction of sp³-hybridized carbons (Fsp3) is 0.231. The SMILES string of the molecule is CC(C)c1ccc(C(=O)CC2(O)C(=O)N(Cc3ccc(Br)cc3)c3ccccc32)cc1. The maximum Gasteiger partial charge on any atom is 0.264 e. The lowest BCUT2D eigenvalue weighted by Gasteiger charge is -2.23. The monoisotopic (exact) mass is 477 g/mol. The Hall–Kier alpha value is -2.76. The Balaban J connectivity index is 1.63. The molecule has 31 heavy (non-hydrogen) atoms. The first kappa shape index (κ1) is 21.5. The molecule has 0 spiro atoms. The lowest BCUT2D eigenvalue weighted by Crippen LogP contribution is -2.41. The summed E-state index contributed by atoms with van der Waals surface area (Å²) in [6.45, 7) is 4.50. The maximum atomic E-state index is 13.4. The van der Waals surface area contributed by atoms with Crippen molar-refractivity contribution < 1.29 is 14.7 Å². The minimum atomic E-state index is -1.88. The summed E-state index contributed by atoms with van der Waals surface area (Å²) in [6.07, 6.45) is -0.291. The third-order valence-electron chi connectivity index (χ3n) is 5.81. The largest absolute Gasteiger partial charge is 0.375 e. The Kier molecular flexibility index (Phi) is 5.82. The molecule has 4 rings (SSSR count). The summed E-state index contributed by atoms with van der Waals surface area (Å²) in [5.41, 5.74) is 1.81. The van der Waals surface area contributed by atoms with Gasteiger partial charge in [0.15, 0.2) is 11.4 Å². The van der Waals surface area contributed by atoms with Crippen LogP contribution in [0.25, 0.3) is 0 Å². The van der Waals surface area contributed by atoms with Gasteiger partial charge in [-0.2, -0.15) is 0 Å². The van der Waals surface area contributed by atoms with E-state index >= 15 is 0 Å². The number of hydrogen-bond acceptors (Lipinski definition) is 3. The van der Waals surface area contributed by atoms with E-state index in [0.29, 0.717) is 29.3 Å². The summed E-state index contributed by atoms with van der Waals surface area (Å²) in [4.78, 5) is 28.0. The first-order valence-electron chi connectivity index (χ1n) is 10.3. The number of carbonyl (C=O) groups is 2. The van der Waals surface area contributed by atoms with E-state index in [1.54, 1.807) is 29.2 Å². The van der Waals surface area contributed by atoms with E-state index in [1.807, 2.05) is 48.5 Å². The van der Waals surface area contributed by atoms with Gasteiger partial charge in [-0.25, -0.2) is 0 Å². The van der Waals surface area contributed by atoms with Crippen molar-refractivity contribution in [2.45, 2.75) is 38.3 Å². The molecule has 3 aromatic carbocycles. The molecule has 1 amide bonds. The van der Waals surface area contributed by atoms with Crippen LogP contribution in [-0.2, 0) is 16.9 Å². The predicted octanol–water partition coefficient (Wildman–Crippen LogP) is 5.58. The van der Waals surface area contributed by atoms with Crippen molar-refractivity contribution in [2.24, 2.45) is 0 Å². The number of rotatable bonds is 6. The number of ketones is 1. The average molecular weight is 478 g/mol. The summed E-state index contributed by atoms with van der Waals surface area (Å²) >= 11 is 3.42. The number of anilines is 1. The number of hydrogen-bond donors (Lipinski definition) is 1. The van der Waals surface area contributed by atoms with E-state index in [4.69, 9.17) is 0 Å². The van der Waals surface area contributed by atoms with Crippen LogP contribution in [0.5, 0.6) is 0 Å². The molecule has 1 N–H and O–H groups in total. The van der Waals surface area contributed by atoms with Crippen molar-refractivity contribution in [2.75, 3.05) is 4.90 Å². The van der Waals surface area contributed by atoms with Crippen LogP contribution in [0.2, 0.25) is 0 Å². The van der Waals surface area contributed by atoms with E-state index in [0.717, 1.165) is 15.6 Å². The molecule has 1 heterocycles. The van der Waals surface area contributed by atoms with E-state index in [2.05, 4.69) is 29.8 Å². The highest BCUT2D eigenvalue weighted by atomic mass is 79.9. The molecule has 0 saturated carbocycles. The Bertz CT molecular complexity index is 1120. The topological polar surface area (TPSA) is 57.6 Å². The molecule has 1 atom stereocenters. The third-order valence-corrected chi connectivity index (χ3v) is 6.34. The zero-order chi connectivity index (χ0) is 22.2. The molecule has 0 fully saturated rings. The Labute approximate surface area is 190 Å². The van der Waals surface area contributed by atoms with Gasteiger partial charge in [-0.1, -0.05) is 84.4 Å². The molecule has 0 aliphatic carbocycles. The summed E-state index contributed by atoms with van der Waals surface area (Å²) in [5, 5.41) is 11.5. The number of aliphatic hydroxyl groups is 1. The molecule has 1 aliphatic heterocycles. The van der Waals surface area contributed by atoms with Crippen LogP contribution in [-0.4, -0.2) is 16.8 Å². The standard InChI is InChI=1S/C26H24BrNO3/c1-17(2)19-9-11-20(12-10-19)24(29)15-26(31)22-5-3-4-6-23(22)28(25(26)30)16-18-7-13-21(27)14-8-18/h3-14,17,31H,15-16H2,1-2H3. The van der Waals surface area contributed by atoms with E-state index in [-0.39, 0.29) is 12.2 Å². The van der Waals surface area contributed by atoms with E-state index < -0.39 is 11.5 Å². The quantitative estimate of drug-likeness (QED) is 0.471. The van der Waals surface area contributed by atoms with Gasteiger partial charge in [0.2, 0.25) is 0 Å². The van der Waals surface area contributed by atoms with Crippen molar-refractivity contribution >= 4 is 33.3 Å². The van der Waals surface area contributed by atoms with Crippen LogP contribution in [0, 0.1) is 0 Å². The van der Waals surface area contributed by atoms with Gasteiger partial charge >= 0.3 is 0 Å². The van der Waals surface area contributed by atoms with Crippen LogP contribution in [0.4, 0.5) is 5.69 Å². The Morgan fingerprint density at radius 3 is 2.29 bits per heavy atom. The van der Waals surface area contributed by atoms with Gasteiger partial charge in [-0.05, 0) is 35.2 Å². The predicted molar refractivity (Wildman–Crippen MR) is 125 cm³/mol. The number of benzene rings is 3. The van der Waals surface area contributed by atoms with Crippen molar-refractivity contribution in [3.05, 3.63) is 99.5 Å². The highest BCUT2D eigenvalue weighted by molar-refractivity contribution is 9.10. The molecule has 1 unspecified atom stereocenters. The zero-order valence-corrected chi connectivity index (χ0v) is 19.1. The molecule has 1 aliphatic rings. The van der Waals surface area contributed by atoms with E-state index in [1.165, 1.54) is 0 Å². The minimum absolute atomic E-state index is 0.258. The zero-order valence-electron chi connectivity index (χ0n) is 17.5. The van der Waals surface area contributed by atoms with Crippen molar-refractivity contribution in [3.8, 4) is 0 Å². The molecular formula is C26H24BrNO3. The molecule has 0 bridgehead atoms. The second-order valence-electron chi connectivity index (χ2n) is 8.27. The van der Waals surface area contributed by atoms with E-state index in [9.17, 15) is 14.7 Å². The lowest BCUT2D eigenvalue weighted by atomic mass is 9.87. The van der Waals surface area contributed by atoms with Crippen LogP contribution in [0.1, 0.15) is 53.2 Å². The van der Waals surface area contributed by atoms with Crippen LogP contribution >= 0.6 is 15.9 Å². The van der Waals surface area contributed by atoms with Crippen LogP contribution in [0.3, 0.4) is 0 Å². The number of para-hydroxylation sites is 1. The smallest absolute Gasteiger partial charge is 0.264 e. The molecule has 0 radical (unpaired) electrons. The van der Waals surface area contributed by atoms with Gasteiger partial charge in [0.1, 0.15) is 0 Å². The van der Waals surface area contributed by atoms with Gasteiger partial charge in [0.25, 0.3) is 5.91 Å². The summed E-state index contributed by atoms with van der Waals surface area (Å²) < 4.78 is 0.954. The number of halogens is 1. The molecule has 4 nitrogen and oxygen atoms in total. The fourth-order valence-corrected chi connectivity index (χ4v) is 4.26. The Morgan fingerprint density at radius 2 is 1.65 bits per heavy atom. The summed E-state index contributed by atoms with van der Waals surface area (Å²) in [7, 11) is 0. The third kappa shape index (κ3) is 4.08.